The van der Waals surface area contributed by atoms with Gasteiger partial charge in [-0.25, -0.2) is 4.79 Å². The van der Waals surface area contributed by atoms with Gasteiger partial charge in [0.15, 0.2) is 0 Å². The molecule has 1 N–H and O–H groups in total. The van der Waals surface area contributed by atoms with Crippen molar-refractivity contribution in [3.8, 4) is 11.5 Å². The topological polar surface area (TPSA) is 46.5 Å². The average Bonchev–Trinajstić information content (AvgIpc) is 2.20. The van der Waals surface area contributed by atoms with Crippen LogP contribution < -0.4 is 4.74 Å². The molecule has 1 aromatic rings. The Morgan fingerprint density at radius 3 is 2.93 bits per heavy atom. The van der Waals surface area contributed by atoms with E-state index in [2.05, 4.69) is 6.58 Å². The summed E-state index contributed by atoms with van der Waals surface area (Å²) in [6.45, 7) is 5.20. The molecule has 0 bridgehead atoms. The van der Waals surface area contributed by atoms with Crippen molar-refractivity contribution in [2.24, 2.45) is 0 Å². The third kappa shape index (κ3) is 2.36. The van der Waals surface area contributed by atoms with E-state index in [1.54, 1.807) is 6.07 Å². The first-order valence-corrected chi connectivity index (χ1v) is 4.33. The van der Waals surface area contributed by atoms with Crippen LogP contribution in [0.5, 0.6) is 11.5 Å². The Bertz CT molecular complexity index is 356. The summed E-state index contributed by atoms with van der Waals surface area (Å²) in [6, 6.07) is 4.68. The molecule has 0 aliphatic rings. The van der Waals surface area contributed by atoms with Gasteiger partial charge in [0.1, 0.15) is 11.5 Å². The molecule has 1 aromatic carbocycles. The molecule has 0 unspecified atom stereocenters. The molecule has 3 heteroatoms. The highest BCUT2D eigenvalue weighted by molar-refractivity contribution is 5.83. The van der Waals surface area contributed by atoms with E-state index in [0.717, 1.165) is 11.6 Å². The summed E-state index contributed by atoms with van der Waals surface area (Å²) in [6.07, 6.45) is 1.78. The van der Waals surface area contributed by atoms with Crippen LogP contribution in [0.25, 0.3) is 0 Å². The first kappa shape index (κ1) is 10.3. The van der Waals surface area contributed by atoms with Crippen molar-refractivity contribution < 1.29 is 14.6 Å². The normalized spacial score (nSPS) is 9.50. The second-order valence-corrected chi connectivity index (χ2v) is 2.77. The molecule has 74 valence electrons. The van der Waals surface area contributed by atoms with Crippen LogP contribution in [0.2, 0.25) is 0 Å². The van der Waals surface area contributed by atoms with Crippen LogP contribution >= 0.6 is 0 Å². The number of carbonyl (C=O) groups is 1. The van der Waals surface area contributed by atoms with Crippen molar-refractivity contribution in [1.82, 2.24) is 0 Å². The molecular formula is C11H12O3. The lowest BCUT2D eigenvalue weighted by molar-refractivity contribution is -0.128. The number of hydrogen-bond acceptors (Lipinski definition) is 3. The van der Waals surface area contributed by atoms with E-state index in [1.165, 1.54) is 12.1 Å². The van der Waals surface area contributed by atoms with Crippen LogP contribution in [0.1, 0.15) is 12.5 Å². The van der Waals surface area contributed by atoms with Crippen LogP contribution in [-0.4, -0.2) is 11.1 Å². The first-order valence-electron chi connectivity index (χ1n) is 4.33. The lowest BCUT2D eigenvalue weighted by Gasteiger charge is -2.05. The monoisotopic (exact) mass is 192 g/mol. The smallest absolute Gasteiger partial charge is 0.335 e. The van der Waals surface area contributed by atoms with Gasteiger partial charge >= 0.3 is 5.97 Å². The summed E-state index contributed by atoms with van der Waals surface area (Å²) in [5.74, 6) is 0.133. The zero-order valence-electron chi connectivity index (χ0n) is 7.99. The van der Waals surface area contributed by atoms with Gasteiger partial charge in [0.25, 0.3) is 0 Å². The van der Waals surface area contributed by atoms with Crippen molar-refractivity contribution >= 4 is 5.97 Å². The number of carbonyl (C=O) groups excluding carboxylic acids is 1. The lowest BCUT2D eigenvalue weighted by Crippen LogP contribution is -2.03. The van der Waals surface area contributed by atoms with Crippen molar-refractivity contribution in [3.05, 3.63) is 36.4 Å². The van der Waals surface area contributed by atoms with Crippen LogP contribution in [0.4, 0.5) is 0 Å². The lowest BCUT2D eigenvalue weighted by atomic mass is 10.1. The third-order valence-electron chi connectivity index (χ3n) is 1.82. The van der Waals surface area contributed by atoms with Crippen LogP contribution in [0, 0.1) is 0 Å². The summed E-state index contributed by atoms with van der Waals surface area (Å²) in [7, 11) is 0. The highest BCUT2D eigenvalue weighted by Gasteiger charge is 2.03. The summed E-state index contributed by atoms with van der Waals surface area (Å²) < 4.78 is 4.89. The number of ether oxygens (including phenoxy) is 1. The summed E-state index contributed by atoms with van der Waals surface area (Å²) in [5, 5.41) is 9.37. The molecule has 0 aromatic heterocycles. The number of benzene rings is 1. The quantitative estimate of drug-likeness (QED) is 0.453. The number of phenolic OH excluding ortho intramolecular Hbond substituents is 1. The molecule has 1 rings (SSSR count). The summed E-state index contributed by atoms with van der Waals surface area (Å²) in [4.78, 5) is 10.9. The number of aryl methyl sites for hydroxylation is 1. The second-order valence-electron chi connectivity index (χ2n) is 2.77. The molecule has 0 fully saturated rings. The predicted octanol–water partition coefficient (Wildman–Crippen LogP) is 2.05. The molecule has 0 aliphatic carbocycles. The van der Waals surface area contributed by atoms with Crippen LogP contribution in [0.15, 0.2) is 30.9 Å². The maximum Gasteiger partial charge on any atom is 0.335 e. The highest BCUT2D eigenvalue weighted by atomic mass is 16.5. The molecule has 0 amide bonds. The van der Waals surface area contributed by atoms with E-state index in [0.29, 0.717) is 12.2 Å². The fourth-order valence-corrected chi connectivity index (χ4v) is 1.07. The second kappa shape index (κ2) is 4.46. The van der Waals surface area contributed by atoms with Gasteiger partial charge in [-0.15, -0.1) is 0 Å². The van der Waals surface area contributed by atoms with Gasteiger partial charge in [-0.2, -0.15) is 0 Å². The third-order valence-corrected chi connectivity index (χ3v) is 1.82. The Kier molecular flexibility index (Phi) is 3.29. The Morgan fingerprint density at radius 1 is 1.64 bits per heavy atom. The zero-order chi connectivity index (χ0) is 10.6. The van der Waals surface area contributed by atoms with E-state index in [4.69, 9.17) is 4.74 Å². The fourth-order valence-electron chi connectivity index (χ4n) is 1.07. The van der Waals surface area contributed by atoms with E-state index < -0.39 is 5.97 Å². The standard InChI is InChI=1S/C11H12O3/c1-3-8-7-9(5-6-10(8)12)14-11(13)4-2/h4-7,12H,2-3H2,1H3. The van der Waals surface area contributed by atoms with E-state index in [1.807, 2.05) is 6.92 Å². The molecule has 14 heavy (non-hydrogen) atoms. The largest absolute Gasteiger partial charge is 0.508 e. The van der Waals surface area contributed by atoms with Crippen molar-refractivity contribution in [2.75, 3.05) is 0 Å². The molecule has 0 saturated heterocycles. The number of rotatable bonds is 3. The minimum atomic E-state index is -0.502. The minimum absolute atomic E-state index is 0.214. The Morgan fingerprint density at radius 2 is 2.36 bits per heavy atom. The summed E-state index contributed by atoms with van der Waals surface area (Å²) in [5.41, 5.74) is 0.749. The number of esters is 1. The minimum Gasteiger partial charge on any atom is -0.508 e. The van der Waals surface area contributed by atoms with Gasteiger partial charge in [-0.1, -0.05) is 13.5 Å². The zero-order valence-corrected chi connectivity index (χ0v) is 7.99. The molecule has 0 atom stereocenters. The SMILES string of the molecule is C=CC(=O)Oc1ccc(O)c(CC)c1. The number of aromatic hydroxyl groups is 1. The van der Waals surface area contributed by atoms with Gasteiger partial charge in [0, 0.05) is 6.08 Å². The van der Waals surface area contributed by atoms with Gasteiger partial charge < -0.3 is 9.84 Å². The molecule has 0 radical (unpaired) electrons. The van der Waals surface area contributed by atoms with Crippen molar-refractivity contribution in [2.45, 2.75) is 13.3 Å². The molecule has 0 saturated carbocycles. The summed E-state index contributed by atoms with van der Waals surface area (Å²) >= 11 is 0. The van der Waals surface area contributed by atoms with Crippen LogP contribution in [0.3, 0.4) is 0 Å². The Hall–Kier alpha value is -1.77. The van der Waals surface area contributed by atoms with Gasteiger partial charge in [-0.3, -0.25) is 0 Å². The average molecular weight is 192 g/mol. The van der Waals surface area contributed by atoms with Gasteiger partial charge in [0.2, 0.25) is 0 Å². The molecule has 0 spiro atoms. The van der Waals surface area contributed by atoms with Gasteiger partial charge in [0.05, 0.1) is 0 Å². The Balaban J connectivity index is 2.89. The van der Waals surface area contributed by atoms with Gasteiger partial charge in [-0.05, 0) is 30.2 Å². The van der Waals surface area contributed by atoms with Crippen molar-refractivity contribution in [1.29, 1.82) is 0 Å². The van der Waals surface area contributed by atoms with E-state index >= 15 is 0 Å². The van der Waals surface area contributed by atoms with E-state index in [-0.39, 0.29) is 5.75 Å². The molecule has 3 nitrogen and oxygen atoms in total. The van der Waals surface area contributed by atoms with E-state index in [9.17, 15) is 9.90 Å². The molecular weight excluding hydrogens is 180 g/mol. The van der Waals surface area contributed by atoms with Crippen molar-refractivity contribution in [3.63, 3.8) is 0 Å². The van der Waals surface area contributed by atoms with Crippen LogP contribution in [-0.2, 0) is 11.2 Å². The predicted molar refractivity (Wildman–Crippen MR) is 53.3 cm³/mol. The maximum atomic E-state index is 10.9. The molecule has 0 aliphatic heterocycles. The Labute approximate surface area is 82.6 Å². The first-order chi connectivity index (χ1) is 6.67. The fraction of sp³-hybridized carbons (Fsp3) is 0.182. The maximum absolute atomic E-state index is 10.9. The molecule has 0 heterocycles. The number of phenols is 1. The number of hydrogen-bond donors (Lipinski definition) is 1. The highest BCUT2D eigenvalue weighted by Crippen LogP contribution is 2.23.